The molecule has 0 aromatic rings. The molecule has 1 aliphatic heterocycles. The summed E-state index contributed by atoms with van der Waals surface area (Å²) in [6.45, 7) is 4.69. The Balaban J connectivity index is 0.00000225. The highest BCUT2D eigenvalue weighted by Crippen LogP contribution is 1.98. The van der Waals surface area contributed by atoms with Crippen LogP contribution in [-0.4, -0.2) is 63.9 Å². The normalized spacial score (nSPS) is 16.4. The van der Waals surface area contributed by atoms with Crippen molar-refractivity contribution in [2.75, 3.05) is 53.1 Å². The Morgan fingerprint density at radius 1 is 1.44 bits per heavy atom. The Bertz CT molecular complexity index is 185. The number of nitrogens with one attached hydrogen (secondary N) is 1. The zero-order chi connectivity index (χ0) is 10.9. The molecule has 96 valence electrons. The van der Waals surface area contributed by atoms with Crippen LogP contribution in [0.1, 0.15) is 6.42 Å². The van der Waals surface area contributed by atoms with Gasteiger partial charge in [0.05, 0.1) is 19.8 Å². The van der Waals surface area contributed by atoms with Crippen LogP contribution in [-0.2, 0) is 14.3 Å². The molecule has 0 aliphatic carbocycles. The van der Waals surface area contributed by atoms with Crippen molar-refractivity contribution in [1.29, 1.82) is 0 Å². The Morgan fingerprint density at radius 3 is 3.00 bits per heavy atom. The fraction of sp³-hybridized carbons (Fsp3) is 0.900. The Morgan fingerprint density at radius 2 is 2.25 bits per heavy atom. The maximum absolute atomic E-state index is 11.7. The van der Waals surface area contributed by atoms with Gasteiger partial charge in [0.25, 0.3) is 0 Å². The first-order valence-corrected chi connectivity index (χ1v) is 5.40. The van der Waals surface area contributed by atoms with Gasteiger partial charge in [-0.1, -0.05) is 0 Å². The predicted molar refractivity (Wildman–Crippen MR) is 64.0 cm³/mol. The van der Waals surface area contributed by atoms with Crippen molar-refractivity contribution in [1.82, 2.24) is 10.2 Å². The first-order chi connectivity index (χ1) is 7.34. The standard InChI is InChI=1S/C10H20N2O3.ClH/c1-14-7-3-11-9-10(13)12-4-2-6-15-8-5-12;/h11H,2-9H2,1H3;1H. The van der Waals surface area contributed by atoms with E-state index in [-0.39, 0.29) is 18.3 Å². The second-order valence-corrected chi connectivity index (χ2v) is 3.52. The molecule has 0 saturated carbocycles. The van der Waals surface area contributed by atoms with E-state index in [0.717, 1.165) is 19.6 Å². The molecule has 1 aliphatic rings. The Labute approximate surface area is 103 Å². The monoisotopic (exact) mass is 252 g/mol. The van der Waals surface area contributed by atoms with Crippen molar-refractivity contribution in [3.63, 3.8) is 0 Å². The SMILES string of the molecule is COCCNCC(=O)N1CCCOCC1.Cl. The fourth-order valence-corrected chi connectivity index (χ4v) is 1.48. The molecule has 0 bridgehead atoms. The van der Waals surface area contributed by atoms with Gasteiger partial charge >= 0.3 is 0 Å². The van der Waals surface area contributed by atoms with Crippen LogP contribution >= 0.6 is 12.4 Å². The lowest BCUT2D eigenvalue weighted by Crippen LogP contribution is -2.40. The predicted octanol–water partition coefficient (Wildman–Crippen LogP) is -0.107. The molecule has 0 aromatic carbocycles. The first kappa shape index (κ1) is 15.6. The molecule has 0 atom stereocenters. The molecule has 0 spiro atoms. The topological polar surface area (TPSA) is 50.8 Å². The van der Waals surface area contributed by atoms with Crippen molar-refractivity contribution >= 4 is 18.3 Å². The zero-order valence-electron chi connectivity index (χ0n) is 9.74. The quantitative estimate of drug-likeness (QED) is 0.694. The van der Waals surface area contributed by atoms with Crippen LogP contribution < -0.4 is 5.32 Å². The molecule has 0 unspecified atom stereocenters. The first-order valence-electron chi connectivity index (χ1n) is 5.40. The minimum Gasteiger partial charge on any atom is -0.383 e. The third kappa shape index (κ3) is 6.27. The van der Waals surface area contributed by atoms with Crippen LogP contribution in [0.4, 0.5) is 0 Å². The third-order valence-electron chi connectivity index (χ3n) is 2.33. The van der Waals surface area contributed by atoms with E-state index in [1.165, 1.54) is 0 Å². The lowest BCUT2D eigenvalue weighted by atomic mass is 10.4. The number of carbonyl (C=O) groups excluding carboxylic acids is 1. The highest BCUT2D eigenvalue weighted by Gasteiger charge is 2.14. The van der Waals surface area contributed by atoms with Crippen molar-refractivity contribution in [2.24, 2.45) is 0 Å². The van der Waals surface area contributed by atoms with Crippen LogP contribution in [0.3, 0.4) is 0 Å². The van der Waals surface area contributed by atoms with Crippen molar-refractivity contribution in [3.8, 4) is 0 Å². The Kier molecular flexibility index (Phi) is 9.62. The van der Waals surface area contributed by atoms with E-state index >= 15 is 0 Å². The number of amides is 1. The average Bonchev–Trinajstić information content (AvgIpc) is 2.52. The molecule has 1 fully saturated rings. The van der Waals surface area contributed by atoms with Gasteiger partial charge in [-0.25, -0.2) is 0 Å². The summed E-state index contributed by atoms with van der Waals surface area (Å²) >= 11 is 0. The second-order valence-electron chi connectivity index (χ2n) is 3.52. The summed E-state index contributed by atoms with van der Waals surface area (Å²) in [5.41, 5.74) is 0. The fourth-order valence-electron chi connectivity index (χ4n) is 1.48. The third-order valence-corrected chi connectivity index (χ3v) is 2.33. The van der Waals surface area contributed by atoms with Gasteiger partial charge in [-0.15, -0.1) is 12.4 Å². The van der Waals surface area contributed by atoms with Gasteiger partial charge in [0.2, 0.25) is 5.91 Å². The molecule has 1 saturated heterocycles. The molecule has 16 heavy (non-hydrogen) atoms. The van der Waals surface area contributed by atoms with E-state index in [2.05, 4.69) is 5.32 Å². The molecule has 1 amide bonds. The van der Waals surface area contributed by atoms with Crippen molar-refractivity contribution in [3.05, 3.63) is 0 Å². The molecule has 1 heterocycles. The number of carbonyl (C=O) groups is 1. The van der Waals surface area contributed by atoms with Gasteiger partial charge < -0.3 is 19.7 Å². The molecule has 6 heteroatoms. The minimum atomic E-state index is 0. The number of ether oxygens (including phenoxy) is 2. The molecule has 0 radical (unpaired) electrons. The second kappa shape index (κ2) is 9.84. The number of rotatable bonds is 5. The van der Waals surface area contributed by atoms with E-state index < -0.39 is 0 Å². The van der Waals surface area contributed by atoms with Gasteiger partial charge in [0.15, 0.2) is 0 Å². The maximum atomic E-state index is 11.7. The molecular formula is C10H21ClN2O3. The van der Waals surface area contributed by atoms with Crippen LogP contribution in [0.2, 0.25) is 0 Å². The van der Waals surface area contributed by atoms with Gasteiger partial charge in [-0.3, -0.25) is 4.79 Å². The van der Waals surface area contributed by atoms with Crippen LogP contribution in [0.15, 0.2) is 0 Å². The number of hydrogen-bond acceptors (Lipinski definition) is 4. The van der Waals surface area contributed by atoms with Gasteiger partial charge in [0.1, 0.15) is 0 Å². The minimum absolute atomic E-state index is 0. The van der Waals surface area contributed by atoms with E-state index in [9.17, 15) is 4.79 Å². The number of methoxy groups -OCH3 is 1. The van der Waals surface area contributed by atoms with Gasteiger partial charge in [-0.05, 0) is 6.42 Å². The molecule has 0 aromatic heterocycles. The van der Waals surface area contributed by atoms with Gasteiger partial charge in [-0.2, -0.15) is 0 Å². The van der Waals surface area contributed by atoms with Crippen molar-refractivity contribution in [2.45, 2.75) is 6.42 Å². The number of halogens is 1. The molecule has 5 nitrogen and oxygen atoms in total. The maximum Gasteiger partial charge on any atom is 0.236 e. The smallest absolute Gasteiger partial charge is 0.236 e. The highest BCUT2D eigenvalue weighted by molar-refractivity contribution is 5.85. The molecule has 1 rings (SSSR count). The average molecular weight is 253 g/mol. The summed E-state index contributed by atoms with van der Waals surface area (Å²) in [5, 5.41) is 3.05. The van der Waals surface area contributed by atoms with E-state index in [1.807, 2.05) is 4.90 Å². The lowest BCUT2D eigenvalue weighted by molar-refractivity contribution is -0.130. The summed E-state index contributed by atoms with van der Waals surface area (Å²) in [4.78, 5) is 13.5. The summed E-state index contributed by atoms with van der Waals surface area (Å²) in [6.07, 6.45) is 0.934. The molecule has 1 N–H and O–H groups in total. The summed E-state index contributed by atoms with van der Waals surface area (Å²) in [6, 6.07) is 0. The van der Waals surface area contributed by atoms with Crippen LogP contribution in [0.25, 0.3) is 0 Å². The summed E-state index contributed by atoms with van der Waals surface area (Å²) in [7, 11) is 1.65. The number of nitrogens with zero attached hydrogens (tertiary/aromatic N) is 1. The van der Waals surface area contributed by atoms with E-state index in [0.29, 0.717) is 32.8 Å². The van der Waals surface area contributed by atoms with E-state index in [4.69, 9.17) is 9.47 Å². The largest absolute Gasteiger partial charge is 0.383 e. The highest BCUT2D eigenvalue weighted by atomic mass is 35.5. The molecular weight excluding hydrogens is 232 g/mol. The number of hydrogen-bond donors (Lipinski definition) is 1. The zero-order valence-corrected chi connectivity index (χ0v) is 10.6. The van der Waals surface area contributed by atoms with Gasteiger partial charge in [0, 0.05) is 33.4 Å². The lowest BCUT2D eigenvalue weighted by Gasteiger charge is -2.19. The van der Waals surface area contributed by atoms with Crippen LogP contribution in [0, 0.1) is 0 Å². The van der Waals surface area contributed by atoms with E-state index in [1.54, 1.807) is 7.11 Å². The Hall–Kier alpha value is -0.360. The summed E-state index contributed by atoms with van der Waals surface area (Å²) < 4.78 is 10.2. The van der Waals surface area contributed by atoms with Crippen LogP contribution in [0.5, 0.6) is 0 Å². The van der Waals surface area contributed by atoms with Crippen molar-refractivity contribution < 1.29 is 14.3 Å². The summed E-state index contributed by atoms with van der Waals surface area (Å²) in [5.74, 6) is 0.150.